The molecule has 7 nitrogen and oxygen atoms in total. The van der Waals surface area contributed by atoms with E-state index in [1.54, 1.807) is 6.92 Å². The summed E-state index contributed by atoms with van der Waals surface area (Å²) in [6, 6.07) is -1.51. The molecule has 0 aromatic carbocycles. The zero-order valence-corrected chi connectivity index (χ0v) is 11.9. The van der Waals surface area contributed by atoms with E-state index in [0.29, 0.717) is 19.4 Å². The predicted molar refractivity (Wildman–Crippen MR) is 73.2 cm³/mol. The normalized spacial score (nSPS) is 22.9. The molecule has 0 radical (unpaired) electrons. The van der Waals surface area contributed by atoms with E-state index in [0.717, 1.165) is 12.8 Å². The highest BCUT2D eigenvalue weighted by atomic mass is 16.4. The molecule has 20 heavy (non-hydrogen) atoms. The first kappa shape index (κ1) is 16.3. The first-order valence-corrected chi connectivity index (χ1v) is 7.03. The van der Waals surface area contributed by atoms with Gasteiger partial charge in [-0.3, -0.25) is 9.59 Å². The average Bonchev–Trinajstić information content (AvgIpc) is 2.83. The minimum absolute atomic E-state index is 0.247. The second-order valence-corrected chi connectivity index (χ2v) is 5.11. The number of nitrogens with one attached hydrogen (secondary N) is 3. The van der Waals surface area contributed by atoms with Crippen LogP contribution in [-0.4, -0.2) is 41.6 Å². The van der Waals surface area contributed by atoms with Crippen molar-refractivity contribution in [1.29, 1.82) is 0 Å². The highest BCUT2D eigenvalue weighted by Crippen LogP contribution is 2.25. The number of carbonyl (C=O) groups is 3. The summed E-state index contributed by atoms with van der Waals surface area (Å²) in [7, 11) is 0. The third-order valence-corrected chi connectivity index (χ3v) is 3.44. The lowest BCUT2D eigenvalue weighted by molar-refractivity contribution is -0.142. The second-order valence-electron chi connectivity index (χ2n) is 5.11. The van der Waals surface area contributed by atoms with Gasteiger partial charge in [0.25, 0.3) is 0 Å². The monoisotopic (exact) mass is 285 g/mol. The Morgan fingerprint density at radius 1 is 1.30 bits per heavy atom. The van der Waals surface area contributed by atoms with Gasteiger partial charge >= 0.3 is 12.0 Å². The number of rotatable bonds is 6. The number of amides is 3. The molecule has 0 aromatic rings. The number of urea groups is 1. The van der Waals surface area contributed by atoms with Gasteiger partial charge in [0.1, 0.15) is 6.04 Å². The molecule has 0 heterocycles. The summed E-state index contributed by atoms with van der Waals surface area (Å²) in [4.78, 5) is 34.4. The second kappa shape index (κ2) is 7.72. The molecule has 0 saturated heterocycles. The van der Waals surface area contributed by atoms with Crippen LogP contribution in [0.25, 0.3) is 0 Å². The van der Waals surface area contributed by atoms with Crippen LogP contribution in [0.2, 0.25) is 0 Å². The fourth-order valence-electron chi connectivity index (χ4n) is 2.30. The van der Waals surface area contributed by atoms with Crippen LogP contribution in [0.4, 0.5) is 4.79 Å². The van der Waals surface area contributed by atoms with Crippen LogP contribution in [0, 0.1) is 5.92 Å². The van der Waals surface area contributed by atoms with Gasteiger partial charge in [0.05, 0.1) is 5.92 Å². The van der Waals surface area contributed by atoms with E-state index in [4.69, 9.17) is 5.11 Å². The Morgan fingerprint density at radius 2 is 2.00 bits per heavy atom. The SMILES string of the molecule is CCCNC(=O)C(C)NC(=O)NC1CCCC1C(=O)O. The standard InChI is InChI=1S/C13H23N3O4/c1-3-7-14-11(17)8(2)15-13(20)16-10-6-4-5-9(10)12(18)19/h8-10H,3-7H2,1-2H3,(H,14,17)(H,18,19)(H2,15,16,20). The van der Waals surface area contributed by atoms with Crippen LogP contribution in [0.5, 0.6) is 0 Å². The van der Waals surface area contributed by atoms with Crippen molar-refractivity contribution in [2.24, 2.45) is 5.92 Å². The molecule has 7 heteroatoms. The maximum atomic E-state index is 11.8. The smallest absolute Gasteiger partial charge is 0.315 e. The van der Waals surface area contributed by atoms with Crippen molar-refractivity contribution in [3.8, 4) is 0 Å². The van der Waals surface area contributed by atoms with Crippen molar-refractivity contribution >= 4 is 17.9 Å². The largest absolute Gasteiger partial charge is 0.481 e. The molecule has 3 atom stereocenters. The third-order valence-electron chi connectivity index (χ3n) is 3.44. The van der Waals surface area contributed by atoms with Gasteiger partial charge in [-0.2, -0.15) is 0 Å². The van der Waals surface area contributed by atoms with Gasteiger partial charge in [0, 0.05) is 12.6 Å². The molecule has 1 aliphatic carbocycles. The van der Waals surface area contributed by atoms with Crippen LogP contribution in [0.1, 0.15) is 39.5 Å². The van der Waals surface area contributed by atoms with E-state index in [-0.39, 0.29) is 11.9 Å². The lowest BCUT2D eigenvalue weighted by Crippen LogP contribution is -2.51. The highest BCUT2D eigenvalue weighted by molar-refractivity contribution is 5.87. The molecule has 114 valence electrons. The molecule has 1 rings (SSSR count). The van der Waals surface area contributed by atoms with E-state index in [1.165, 1.54) is 0 Å². The Balaban J connectivity index is 2.39. The van der Waals surface area contributed by atoms with Gasteiger partial charge < -0.3 is 21.1 Å². The summed E-state index contributed by atoms with van der Waals surface area (Å²) in [5.41, 5.74) is 0. The van der Waals surface area contributed by atoms with Gasteiger partial charge in [-0.05, 0) is 26.2 Å². The molecular formula is C13H23N3O4. The van der Waals surface area contributed by atoms with E-state index in [2.05, 4.69) is 16.0 Å². The minimum atomic E-state index is -0.887. The predicted octanol–water partition coefficient (Wildman–Crippen LogP) is 0.454. The van der Waals surface area contributed by atoms with Crippen molar-refractivity contribution in [2.75, 3.05) is 6.54 Å². The van der Waals surface area contributed by atoms with E-state index < -0.39 is 24.0 Å². The van der Waals surface area contributed by atoms with Crippen molar-refractivity contribution in [2.45, 2.75) is 51.6 Å². The van der Waals surface area contributed by atoms with E-state index >= 15 is 0 Å². The van der Waals surface area contributed by atoms with Crippen LogP contribution < -0.4 is 16.0 Å². The fraction of sp³-hybridized carbons (Fsp3) is 0.769. The molecular weight excluding hydrogens is 262 g/mol. The molecule has 0 aliphatic heterocycles. The molecule has 1 fully saturated rings. The molecule has 3 amide bonds. The summed E-state index contributed by atoms with van der Waals surface area (Å²) in [6.45, 7) is 4.10. The molecule has 4 N–H and O–H groups in total. The first-order valence-electron chi connectivity index (χ1n) is 7.03. The van der Waals surface area contributed by atoms with Crippen molar-refractivity contribution in [3.63, 3.8) is 0 Å². The lowest BCUT2D eigenvalue weighted by atomic mass is 10.0. The molecule has 0 aromatic heterocycles. The van der Waals surface area contributed by atoms with E-state index in [9.17, 15) is 14.4 Å². The van der Waals surface area contributed by atoms with Crippen molar-refractivity contribution in [3.05, 3.63) is 0 Å². The van der Waals surface area contributed by atoms with Crippen LogP contribution in [-0.2, 0) is 9.59 Å². The number of aliphatic carboxylic acids is 1. The zero-order valence-electron chi connectivity index (χ0n) is 11.9. The zero-order chi connectivity index (χ0) is 15.1. The summed E-state index contributed by atoms with van der Waals surface area (Å²) >= 11 is 0. The average molecular weight is 285 g/mol. The number of carbonyl (C=O) groups excluding carboxylic acids is 2. The van der Waals surface area contributed by atoms with Gasteiger partial charge in [0.15, 0.2) is 0 Å². The summed E-state index contributed by atoms with van der Waals surface area (Å²) < 4.78 is 0. The van der Waals surface area contributed by atoms with Gasteiger partial charge in [0.2, 0.25) is 5.91 Å². The first-order chi connectivity index (χ1) is 9.45. The number of hydrogen-bond donors (Lipinski definition) is 4. The van der Waals surface area contributed by atoms with Crippen molar-refractivity contribution < 1.29 is 19.5 Å². The maximum absolute atomic E-state index is 11.8. The van der Waals surface area contributed by atoms with Gasteiger partial charge in [-0.1, -0.05) is 13.3 Å². The van der Waals surface area contributed by atoms with Crippen LogP contribution in [0.3, 0.4) is 0 Å². The van der Waals surface area contributed by atoms with Crippen molar-refractivity contribution in [1.82, 2.24) is 16.0 Å². The number of hydrogen-bond acceptors (Lipinski definition) is 3. The van der Waals surface area contributed by atoms with Gasteiger partial charge in [-0.15, -0.1) is 0 Å². The molecule has 1 saturated carbocycles. The molecule has 1 aliphatic rings. The Morgan fingerprint density at radius 3 is 2.60 bits per heavy atom. The Kier molecular flexibility index (Phi) is 6.27. The Labute approximate surface area is 118 Å². The molecule has 0 spiro atoms. The minimum Gasteiger partial charge on any atom is -0.481 e. The Bertz CT molecular complexity index is 373. The topological polar surface area (TPSA) is 108 Å². The quantitative estimate of drug-likeness (QED) is 0.568. The van der Waals surface area contributed by atoms with Crippen LogP contribution >= 0.6 is 0 Å². The van der Waals surface area contributed by atoms with E-state index in [1.807, 2.05) is 6.92 Å². The van der Waals surface area contributed by atoms with Crippen LogP contribution in [0.15, 0.2) is 0 Å². The third kappa shape index (κ3) is 4.71. The highest BCUT2D eigenvalue weighted by Gasteiger charge is 2.34. The molecule has 0 bridgehead atoms. The summed E-state index contributed by atoms with van der Waals surface area (Å²) in [5.74, 6) is -1.67. The van der Waals surface area contributed by atoms with Gasteiger partial charge in [-0.25, -0.2) is 4.79 Å². The number of carboxylic acid groups (broad SMARTS) is 1. The summed E-state index contributed by atoms with van der Waals surface area (Å²) in [6.07, 6.45) is 2.84. The Hall–Kier alpha value is -1.79. The summed E-state index contributed by atoms with van der Waals surface area (Å²) in [5, 5.41) is 16.9. The lowest BCUT2D eigenvalue weighted by Gasteiger charge is -2.20. The maximum Gasteiger partial charge on any atom is 0.315 e. The molecule has 3 unspecified atom stereocenters. The number of carboxylic acids is 1. The fourth-order valence-corrected chi connectivity index (χ4v) is 2.30.